The molecule has 0 aliphatic rings. The van der Waals surface area contributed by atoms with Crippen molar-refractivity contribution in [2.75, 3.05) is 7.11 Å². The van der Waals surface area contributed by atoms with Crippen molar-refractivity contribution in [3.05, 3.63) is 71.5 Å². The molecular weight excluding hydrogens is 274 g/mol. The number of hydrogen-bond acceptors (Lipinski definition) is 3. The molecule has 1 aromatic heterocycles. The van der Waals surface area contributed by atoms with Crippen molar-refractivity contribution in [2.24, 2.45) is 0 Å². The van der Waals surface area contributed by atoms with Gasteiger partial charge in [0.2, 0.25) is 0 Å². The number of nitrogens with zero attached hydrogens (tertiary/aromatic N) is 3. The van der Waals surface area contributed by atoms with Crippen LogP contribution < -0.4 is 4.74 Å². The Morgan fingerprint density at radius 2 is 1.86 bits per heavy atom. The van der Waals surface area contributed by atoms with Gasteiger partial charge in [-0.1, -0.05) is 29.5 Å². The summed E-state index contributed by atoms with van der Waals surface area (Å²) in [7, 11) is 1.69. The molecule has 4 heteroatoms. The van der Waals surface area contributed by atoms with Gasteiger partial charge in [0.1, 0.15) is 5.75 Å². The summed E-state index contributed by atoms with van der Waals surface area (Å²) < 4.78 is 7.06. The highest BCUT2D eigenvalue weighted by molar-refractivity contribution is 5.35. The van der Waals surface area contributed by atoms with Crippen LogP contribution in [0.5, 0.6) is 5.75 Å². The van der Waals surface area contributed by atoms with E-state index in [0.717, 1.165) is 30.0 Å². The molecule has 0 spiro atoms. The SMILES string of the molecule is COc1ccc(CCc2cn(-c3ccccc3)nn2)c(C)c1. The van der Waals surface area contributed by atoms with Gasteiger partial charge in [-0.2, -0.15) is 0 Å². The highest BCUT2D eigenvalue weighted by atomic mass is 16.5. The van der Waals surface area contributed by atoms with Crippen LogP contribution in [0.25, 0.3) is 5.69 Å². The standard InChI is InChI=1S/C18H19N3O/c1-14-12-18(22-2)11-9-15(14)8-10-16-13-21(20-19-16)17-6-4-3-5-7-17/h3-7,9,11-13H,8,10H2,1-2H3. The molecule has 0 saturated carbocycles. The van der Waals surface area contributed by atoms with E-state index in [2.05, 4.69) is 29.4 Å². The summed E-state index contributed by atoms with van der Waals surface area (Å²) in [6, 6.07) is 16.2. The Kier molecular flexibility index (Phi) is 4.19. The van der Waals surface area contributed by atoms with Gasteiger partial charge >= 0.3 is 0 Å². The van der Waals surface area contributed by atoms with E-state index in [1.54, 1.807) is 7.11 Å². The average Bonchev–Trinajstić information content (AvgIpc) is 3.03. The molecule has 0 saturated heterocycles. The number of hydrogen-bond donors (Lipinski definition) is 0. The fourth-order valence-electron chi connectivity index (χ4n) is 2.46. The second-order valence-corrected chi connectivity index (χ2v) is 5.28. The quantitative estimate of drug-likeness (QED) is 0.724. The highest BCUT2D eigenvalue weighted by Gasteiger charge is 2.05. The van der Waals surface area contributed by atoms with Crippen molar-refractivity contribution in [3.63, 3.8) is 0 Å². The first-order chi connectivity index (χ1) is 10.8. The lowest BCUT2D eigenvalue weighted by Gasteiger charge is -2.07. The largest absolute Gasteiger partial charge is 0.497 e. The average molecular weight is 293 g/mol. The summed E-state index contributed by atoms with van der Waals surface area (Å²) in [5.74, 6) is 0.899. The minimum absolute atomic E-state index is 0.875. The molecular formula is C18H19N3O. The summed E-state index contributed by atoms with van der Waals surface area (Å²) in [6.07, 6.45) is 3.82. The van der Waals surface area contributed by atoms with E-state index < -0.39 is 0 Å². The Morgan fingerprint density at radius 3 is 2.59 bits per heavy atom. The minimum Gasteiger partial charge on any atom is -0.497 e. The molecule has 0 N–H and O–H groups in total. The Bertz CT molecular complexity index is 750. The van der Waals surface area contributed by atoms with Crippen LogP contribution in [-0.4, -0.2) is 22.1 Å². The molecule has 22 heavy (non-hydrogen) atoms. The number of benzene rings is 2. The van der Waals surface area contributed by atoms with E-state index >= 15 is 0 Å². The number of aryl methyl sites for hydroxylation is 3. The Morgan fingerprint density at radius 1 is 1.05 bits per heavy atom. The predicted molar refractivity (Wildman–Crippen MR) is 86.5 cm³/mol. The summed E-state index contributed by atoms with van der Waals surface area (Å²) in [5.41, 5.74) is 4.59. The fraction of sp³-hybridized carbons (Fsp3) is 0.222. The maximum Gasteiger partial charge on any atom is 0.119 e. The number of ether oxygens (including phenoxy) is 1. The molecule has 3 aromatic rings. The van der Waals surface area contributed by atoms with Crippen LogP contribution >= 0.6 is 0 Å². The van der Waals surface area contributed by atoms with Crippen molar-refractivity contribution in [2.45, 2.75) is 19.8 Å². The van der Waals surface area contributed by atoms with E-state index in [1.165, 1.54) is 11.1 Å². The molecule has 3 rings (SSSR count). The van der Waals surface area contributed by atoms with Crippen LogP contribution in [0, 0.1) is 6.92 Å². The van der Waals surface area contributed by atoms with Crippen LogP contribution in [0.2, 0.25) is 0 Å². The molecule has 0 amide bonds. The molecule has 0 unspecified atom stereocenters. The van der Waals surface area contributed by atoms with Crippen molar-refractivity contribution in [1.82, 2.24) is 15.0 Å². The fourth-order valence-corrected chi connectivity index (χ4v) is 2.46. The second-order valence-electron chi connectivity index (χ2n) is 5.28. The molecule has 112 valence electrons. The van der Waals surface area contributed by atoms with Crippen molar-refractivity contribution in [3.8, 4) is 11.4 Å². The minimum atomic E-state index is 0.875. The third-order valence-corrected chi connectivity index (χ3v) is 3.76. The van der Waals surface area contributed by atoms with Gasteiger partial charge < -0.3 is 4.74 Å². The molecule has 4 nitrogen and oxygen atoms in total. The zero-order valence-electron chi connectivity index (χ0n) is 12.9. The van der Waals surface area contributed by atoms with E-state index in [-0.39, 0.29) is 0 Å². The molecule has 0 bridgehead atoms. The van der Waals surface area contributed by atoms with Crippen LogP contribution in [-0.2, 0) is 12.8 Å². The normalized spacial score (nSPS) is 10.6. The highest BCUT2D eigenvalue weighted by Crippen LogP contribution is 2.18. The lowest BCUT2D eigenvalue weighted by molar-refractivity contribution is 0.414. The zero-order chi connectivity index (χ0) is 15.4. The van der Waals surface area contributed by atoms with Gasteiger partial charge in [0.05, 0.1) is 24.7 Å². The topological polar surface area (TPSA) is 39.9 Å². The Labute approximate surface area is 130 Å². The van der Waals surface area contributed by atoms with Crippen molar-refractivity contribution >= 4 is 0 Å². The zero-order valence-corrected chi connectivity index (χ0v) is 12.9. The van der Waals surface area contributed by atoms with Crippen molar-refractivity contribution < 1.29 is 4.74 Å². The first-order valence-electron chi connectivity index (χ1n) is 7.36. The molecule has 1 heterocycles. The van der Waals surface area contributed by atoms with Gasteiger partial charge in [0.25, 0.3) is 0 Å². The van der Waals surface area contributed by atoms with Crippen molar-refractivity contribution in [1.29, 1.82) is 0 Å². The summed E-state index contributed by atoms with van der Waals surface area (Å²) in [4.78, 5) is 0. The Balaban J connectivity index is 1.69. The van der Waals surface area contributed by atoms with E-state index in [4.69, 9.17) is 4.74 Å². The molecule has 0 fully saturated rings. The van der Waals surface area contributed by atoms with Crippen LogP contribution in [0.4, 0.5) is 0 Å². The summed E-state index contributed by atoms with van der Waals surface area (Å²) >= 11 is 0. The predicted octanol–water partition coefficient (Wildman–Crippen LogP) is 3.37. The van der Waals surface area contributed by atoms with Gasteiger partial charge in [0, 0.05) is 0 Å². The first kappa shape index (κ1) is 14.3. The lowest BCUT2D eigenvalue weighted by atomic mass is 10.0. The number of methoxy groups -OCH3 is 1. The maximum atomic E-state index is 5.24. The summed E-state index contributed by atoms with van der Waals surface area (Å²) in [6.45, 7) is 2.11. The molecule has 0 aliphatic heterocycles. The molecule has 0 atom stereocenters. The van der Waals surface area contributed by atoms with Gasteiger partial charge in [0.15, 0.2) is 0 Å². The van der Waals surface area contributed by atoms with E-state index in [9.17, 15) is 0 Å². The first-order valence-corrected chi connectivity index (χ1v) is 7.36. The summed E-state index contributed by atoms with van der Waals surface area (Å²) in [5, 5.41) is 8.45. The molecule has 2 aromatic carbocycles. The van der Waals surface area contributed by atoms with Gasteiger partial charge in [-0.25, -0.2) is 4.68 Å². The smallest absolute Gasteiger partial charge is 0.119 e. The van der Waals surface area contributed by atoms with Crippen LogP contribution in [0.1, 0.15) is 16.8 Å². The Hall–Kier alpha value is -2.62. The third kappa shape index (κ3) is 3.17. The number of aromatic nitrogens is 3. The monoisotopic (exact) mass is 293 g/mol. The van der Waals surface area contributed by atoms with Gasteiger partial charge in [-0.05, 0) is 55.2 Å². The lowest BCUT2D eigenvalue weighted by Crippen LogP contribution is -1.95. The van der Waals surface area contributed by atoms with Gasteiger partial charge in [-0.3, -0.25) is 0 Å². The number of para-hydroxylation sites is 1. The molecule has 0 aliphatic carbocycles. The van der Waals surface area contributed by atoms with Gasteiger partial charge in [-0.15, -0.1) is 5.10 Å². The third-order valence-electron chi connectivity index (χ3n) is 3.76. The van der Waals surface area contributed by atoms with E-state index in [1.807, 2.05) is 47.3 Å². The number of rotatable bonds is 5. The molecule has 0 radical (unpaired) electrons. The maximum absolute atomic E-state index is 5.24. The van der Waals surface area contributed by atoms with Crippen LogP contribution in [0.3, 0.4) is 0 Å². The van der Waals surface area contributed by atoms with E-state index in [0.29, 0.717) is 0 Å². The second kappa shape index (κ2) is 6.43. The van der Waals surface area contributed by atoms with Crippen LogP contribution in [0.15, 0.2) is 54.7 Å².